The molecule has 27 heavy (non-hydrogen) atoms. The van der Waals surface area contributed by atoms with Crippen molar-refractivity contribution in [2.45, 2.75) is 13.0 Å². The van der Waals surface area contributed by atoms with Gasteiger partial charge in [-0.25, -0.2) is 0 Å². The summed E-state index contributed by atoms with van der Waals surface area (Å²) < 4.78 is 10.5. The molecule has 0 bridgehead atoms. The number of phenols is 1. The first-order valence-electron chi connectivity index (χ1n) is 8.34. The smallest absolute Gasteiger partial charge is 0.293 e. The van der Waals surface area contributed by atoms with E-state index in [0.29, 0.717) is 23.5 Å². The molecule has 0 saturated carbocycles. The number of phenolic OH excluding ortho intramolecular Hbond substituents is 1. The summed E-state index contributed by atoms with van der Waals surface area (Å²) in [5.74, 6) is -1.26. The van der Waals surface area contributed by atoms with Crippen LogP contribution < -0.4 is 14.8 Å². The maximum absolute atomic E-state index is 12.4. The standard InChI is InChI=1S/C20H19NO6/c1-3-27-15-10-11(7-8-14(15)22)17-16(19(24)20(25)21-17)18(23)12-5-4-6-13(9-12)26-2/h4-10,17,22-23H,3H2,1-2H3,(H,21,25)/t17-/m1/s1. The Morgan fingerprint density at radius 3 is 2.67 bits per heavy atom. The van der Waals surface area contributed by atoms with Gasteiger partial charge in [0.25, 0.3) is 11.7 Å². The predicted octanol–water partition coefficient (Wildman–Crippen LogP) is 2.51. The van der Waals surface area contributed by atoms with E-state index in [9.17, 15) is 19.8 Å². The molecule has 3 N–H and O–H groups in total. The lowest BCUT2D eigenvalue weighted by molar-refractivity contribution is -0.133. The quantitative estimate of drug-likeness (QED) is 0.425. The Hall–Kier alpha value is -3.48. The minimum absolute atomic E-state index is 0.0567. The Morgan fingerprint density at radius 1 is 1.19 bits per heavy atom. The SMILES string of the molecule is CCOc1cc([C@H]2NC(=O)C(=O)C2=C(O)c2cccc(OC)c2)ccc1O. The van der Waals surface area contributed by atoms with E-state index in [1.807, 2.05) is 0 Å². The summed E-state index contributed by atoms with van der Waals surface area (Å²) in [7, 11) is 1.49. The minimum Gasteiger partial charge on any atom is -0.507 e. The number of amides is 1. The molecule has 1 saturated heterocycles. The fourth-order valence-corrected chi connectivity index (χ4v) is 2.92. The molecule has 140 valence electrons. The highest BCUT2D eigenvalue weighted by Gasteiger charge is 2.39. The van der Waals surface area contributed by atoms with Gasteiger partial charge in [0.05, 0.1) is 25.3 Å². The Morgan fingerprint density at radius 2 is 1.96 bits per heavy atom. The number of rotatable bonds is 5. The zero-order valence-electron chi connectivity index (χ0n) is 14.9. The second-order valence-electron chi connectivity index (χ2n) is 5.89. The molecule has 3 rings (SSSR count). The van der Waals surface area contributed by atoms with Crippen LogP contribution in [0.2, 0.25) is 0 Å². The molecule has 1 atom stereocenters. The van der Waals surface area contributed by atoms with Gasteiger partial charge in [-0.1, -0.05) is 18.2 Å². The predicted molar refractivity (Wildman–Crippen MR) is 97.7 cm³/mol. The first-order valence-corrected chi connectivity index (χ1v) is 8.34. The molecule has 2 aromatic rings. The van der Waals surface area contributed by atoms with Gasteiger partial charge in [0.2, 0.25) is 0 Å². The molecule has 0 aliphatic carbocycles. The third-order valence-electron chi connectivity index (χ3n) is 4.23. The molecule has 7 heteroatoms. The number of benzene rings is 2. The number of nitrogens with one attached hydrogen (secondary N) is 1. The van der Waals surface area contributed by atoms with Crippen LogP contribution in [-0.4, -0.2) is 35.6 Å². The van der Waals surface area contributed by atoms with E-state index >= 15 is 0 Å². The van der Waals surface area contributed by atoms with Crippen LogP contribution in [0.1, 0.15) is 24.1 Å². The topological polar surface area (TPSA) is 105 Å². The largest absolute Gasteiger partial charge is 0.507 e. The molecular formula is C20H19NO6. The summed E-state index contributed by atoms with van der Waals surface area (Å²) in [6, 6.07) is 10.2. The fourth-order valence-electron chi connectivity index (χ4n) is 2.92. The maximum atomic E-state index is 12.4. The second-order valence-corrected chi connectivity index (χ2v) is 5.89. The van der Waals surface area contributed by atoms with E-state index in [0.717, 1.165) is 0 Å². The van der Waals surface area contributed by atoms with Gasteiger partial charge < -0.3 is 25.0 Å². The Balaban J connectivity index is 2.10. The number of carbonyl (C=O) groups is 2. The van der Waals surface area contributed by atoms with Crippen LogP contribution in [0.15, 0.2) is 48.0 Å². The zero-order valence-corrected chi connectivity index (χ0v) is 14.9. The summed E-state index contributed by atoms with van der Waals surface area (Å²) in [5, 5.41) is 23.2. The number of aliphatic hydroxyl groups excluding tert-OH is 1. The van der Waals surface area contributed by atoms with Crippen molar-refractivity contribution in [2.75, 3.05) is 13.7 Å². The molecule has 1 aliphatic rings. The summed E-state index contributed by atoms with van der Waals surface area (Å²) in [6.45, 7) is 2.11. The van der Waals surface area contributed by atoms with Crippen LogP contribution in [0.5, 0.6) is 17.2 Å². The van der Waals surface area contributed by atoms with Crippen LogP contribution in [0.25, 0.3) is 5.76 Å². The molecule has 1 heterocycles. The van der Waals surface area contributed by atoms with E-state index in [-0.39, 0.29) is 22.8 Å². The van der Waals surface area contributed by atoms with Crippen LogP contribution >= 0.6 is 0 Å². The number of ketones is 1. The highest BCUT2D eigenvalue weighted by atomic mass is 16.5. The average Bonchev–Trinajstić information content (AvgIpc) is 2.98. The van der Waals surface area contributed by atoms with Gasteiger partial charge in [0.1, 0.15) is 11.5 Å². The Kier molecular flexibility index (Phi) is 5.03. The van der Waals surface area contributed by atoms with Crippen molar-refractivity contribution in [2.24, 2.45) is 0 Å². The van der Waals surface area contributed by atoms with Crippen LogP contribution in [0, 0.1) is 0 Å². The molecule has 0 radical (unpaired) electrons. The Labute approximate surface area is 155 Å². The monoisotopic (exact) mass is 369 g/mol. The van der Waals surface area contributed by atoms with Crippen molar-refractivity contribution in [3.8, 4) is 17.2 Å². The van der Waals surface area contributed by atoms with Crippen LogP contribution in [0.4, 0.5) is 0 Å². The van der Waals surface area contributed by atoms with Gasteiger partial charge in [-0.05, 0) is 36.8 Å². The van der Waals surface area contributed by atoms with Crippen molar-refractivity contribution in [3.63, 3.8) is 0 Å². The van der Waals surface area contributed by atoms with Crippen LogP contribution in [0.3, 0.4) is 0 Å². The lowest BCUT2D eigenvalue weighted by Crippen LogP contribution is -2.21. The minimum atomic E-state index is -0.865. The number of carbonyl (C=O) groups excluding carboxylic acids is 2. The van der Waals surface area contributed by atoms with Crippen molar-refractivity contribution in [3.05, 3.63) is 59.2 Å². The molecule has 0 aromatic heterocycles. The van der Waals surface area contributed by atoms with E-state index in [2.05, 4.69) is 5.32 Å². The second kappa shape index (κ2) is 7.41. The summed E-state index contributed by atoms with van der Waals surface area (Å²) in [4.78, 5) is 24.4. The number of aromatic hydroxyl groups is 1. The fraction of sp³-hybridized carbons (Fsp3) is 0.200. The number of ether oxygens (including phenoxy) is 2. The summed E-state index contributed by atoms with van der Waals surface area (Å²) in [6.07, 6.45) is 0. The third-order valence-corrected chi connectivity index (χ3v) is 4.23. The highest BCUT2D eigenvalue weighted by Crippen LogP contribution is 2.37. The summed E-state index contributed by atoms with van der Waals surface area (Å²) in [5.41, 5.74) is 0.782. The van der Waals surface area contributed by atoms with E-state index in [1.54, 1.807) is 37.3 Å². The third kappa shape index (κ3) is 3.44. The molecule has 0 unspecified atom stereocenters. The van der Waals surface area contributed by atoms with Gasteiger partial charge in [-0.3, -0.25) is 9.59 Å². The van der Waals surface area contributed by atoms with Gasteiger partial charge >= 0.3 is 0 Å². The molecule has 1 amide bonds. The number of hydrogen-bond donors (Lipinski definition) is 3. The van der Waals surface area contributed by atoms with Gasteiger partial charge in [-0.15, -0.1) is 0 Å². The van der Waals surface area contributed by atoms with E-state index in [4.69, 9.17) is 9.47 Å². The first-order chi connectivity index (χ1) is 13.0. The number of methoxy groups -OCH3 is 1. The molecule has 1 fully saturated rings. The van der Waals surface area contributed by atoms with Crippen molar-refractivity contribution >= 4 is 17.4 Å². The average molecular weight is 369 g/mol. The lowest BCUT2D eigenvalue weighted by Gasteiger charge is -2.16. The number of hydrogen-bond acceptors (Lipinski definition) is 6. The number of aliphatic hydroxyl groups is 1. The van der Waals surface area contributed by atoms with Crippen molar-refractivity contribution < 1.29 is 29.3 Å². The Bertz CT molecular complexity index is 934. The van der Waals surface area contributed by atoms with Gasteiger partial charge in [0, 0.05) is 5.56 Å². The number of Topliss-reactive ketones (excluding diaryl/α,β-unsaturated/α-hetero) is 1. The van der Waals surface area contributed by atoms with E-state index in [1.165, 1.54) is 19.2 Å². The molecule has 7 nitrogen and oxygen atoms in total. The normalized spacial score (nSPS) is 18.2. The molecular weight excluding hydrogens is 350 g/mol. The van der Waals surface area contributed by atoms with Crippen LogP contribution in [-0.2, 0) is 9.59 Å². The highest BCUT2D eigenvalue weighted by molar-refractivity contribution is 6.46. The molecule has 2 aromatic carbocycles. The van der Waals surface area contributed by atoms with Gasteiger partial charge in [-0.2, -0.15) is 0 Å². The van der Waals surface area contributed by atoms with Crippen molar-refractivity contribution in [1.82, 2.24) is 5.32 Å². The zero-order chi connectivity index (χ0) is 19.6. The van der Waals surface area contributed by atoms with Crippen molar-refractivity contribution in [1.29, 1.82) is 0 Å². The first kappa shape index (κ1) is 18.3. The lowest BCUT2D eigenvalue weighted by atomic mass is 9.95. The molecule has 1 aliphatic heterocycles. The summed E-state index contributed by atoms with van der Waals surface area (Å²) >= 11 is 0. The van der Waals surface area contributed by atoms with E-state index < -0.39 is 17.7 Å². The van der Waals surface area contributed by atoms with Gasteiger partial charge in [0.15, 0.2) is 11.5 Å². The maximum Gasteiger partial charge on any atom is 0.293 e. The molecule has 0 spiro atoms.